The molecule has 0 aliphatic carbocycles. The molecule has 25 heavy (non-hydrogen) atoms. The maximum atomic E-state index is 10.3. The van der Waals surface area contributed by atoms with Crippen molar-refractivity contribution in [3.8, 4) is 17.2 Å². The van der Waals surface area contributed by atoms with Crippen LogP contribution in [-0.4, -0.2) is 38.9 Å². The van der Waals surface area contributed by atoms with E-state index in [1.165, 1.54) is 0 Å². The summed E-state index contributed by atoms with van der Waals surface area (Å²) in [7, 11) is 4.72. The van der Waals surface area contributed by atoms with Crippen molar-refractivity contribution in [1.29, 1.82) is 0 Å². The minimum absolute atomic E-state index is 0.102. The first-order valence-corrected chi connectivity index (χ1v) is 7.67. The Labute approximate surface area is 147 Å². The Morgan fingerprint density at radius 1 is 1.00 bits per heavy atom. The monoisotopic (exact) mass is 345 g/mol. The van der Waals surface area contributed by atoms with Crippen molar-refractivity contribution in [1.82, 2.24) is 0 Å². The third kappa shape index (κ3) is 5.29. The van der Waals surface area contributed by atoms with E-state index in [4.69, 9.17) is 19.9 Å². The maximum Gasteiger partial charge on any atom is 0.193 e. The summed E-state index contributed by atoms with van der Waals surface area (Å²) in [5.41, 5.74) is 7.28. The summed E-state index contributed by atoms with van der Waals surface area (Å²) in [5.74, 6) is 2.16. The molecule has 0 saturated heterocycles. The molecule has 0 aliphatic heterocycles. The van der Waals surface area contributed by atoms with Gasteiger partial charge < -0.3 is 30.4 Å². The molecular weight excluding hydrogens is 322 g/mol. The number of nitrogens with one attached hydrogen (secondary N) is 1. The van der Waals surface area contributed by atoms with Crippen LogP contribution in [0.1, 0.15) is 11.7 Å². The highest BCUT2D eigenvalue weighted by molar-refractivity contribution is 5.92. The highest BCUT2D eigenvalue weighted by Crippen LogP contribution is 2.26. The van der Waals surface area contributed by atoms with E-state index in [2.05, 4.69) is 10.3 Å². The van der Waals surface area contributed by atoms with Crippen LogP contribution in [-0.2, 0) is 0 Å². The first-order valence-electron chi connectivity index (χ1n) is 7.67. The fourth-order valence-electron chi connectivity index (χ4n) is 2.17. The Hall–Kier alpha value is -2.93. The van der Waals surface area contributed by atoms with Gasteiger partial charge in [0, 0.05) is 11.8 Å². The number of guanidine groups is 1. The van der Waals surface area contributed by atoms with Gasteiger partial charge in [-0.25, -0.2) is 0 Å². The van der Waals surface area contributed by atoms with Gasteiger partial charge in [0.1, 0.15) is 17.2 Å². The summed E-state index contributed by atoms with van der Waals surface area (Å²) < 4.78 is 15.5. The number of hydrogen-bond acceptors (Lipinski definition) is 5. The molecule has 0 bridgehead atoms. The number of aliphatic hydroxyl groups is 1. The topological polar surface area (TPSA) is 98.3 Å². The van der Waals surface area contributed by atoms with E-state index >= 15 is 0 Å². The fraction of sp³-hybridized carbons (Fsp3) is 0.278. The van der Waals surface area contributed by atoms with E-state index in [0.717, 1.165) is 11.4 Å². The molecule has 0 radical (unpaired) electrons. The number of nitrogens with zero attached hydrogens (tertiary/aromatic N) is 1. The van der Waals surface area contributed by atoms with Gasteiger partial charge in [-0.2, -0.15) is 0 Å². The van der Waals surface area contributed by atoms with Crippen LogP contribution in [0.4, 0.5) is 5.69 Å². The van der Waals surface area contributed by atoms with Crippen LogP contribution in [0.5, 0.6) is 17.2 Å². The molecule has 134 valence electrons. The molecule has 2 aromatic carbocycles. The van der Waals surface area contributed by atoms with Crippen LogP contribution in [0.15, 0.2) is 47.5 Å². The Kier molecular flexibility index (Phi) is 6.47. The van der Waals surface area contributed by atoms with Gasteiger partial charge in [0.15, 0.2) is 5.96 Å². The Morgan fingerprint density at radius 3 is 2.08 bits per heavy atom. The lowest BCUT2D eigenvalue weighted by atomic mass is 10.1. The van der Waals surface area contributed by atoms with E-state index in [9.17, 15) is 5.11 Å². The first-order chi connectivity index (χ1) is 12.0. The molecule has 0 amide bonds. The van der Waals surface area contributed by atoms with Gasteiger partial charge in [0.25, 0.3) is 0 Å². The highest BCUT2D eigenvalue weighted by atomic mass is 16.5. The third-order valence-corrected chi connectivity index (χ3v) is 3.56. The van der Waals surface area contributed by atoms with Crippen molar-refractivity contribution in [2.45, 2.75) is 6.10 Å². The van der Waals surface area contributed by atoms with E-state index in [1.54, 1.807) is 39.5 Å². The summed E-state index contributed by atoms with van der Waals surface area (Å²) in [6.07, 6.45) is -0.833. The van der Waals surface area contributed by atoms with Crippen molar-refractivity contribution in [3.63, 3.8) is 0 Å². The molecule has 0 aromatic heterocycles. The molecule has 0 saturated carbocycles. The van der Waals surface area contributed by atoms with E-state index in [-0.39, 0.29) is 12.5 Å². The van der Waals surface area contributed by atoms with Gasteiger partial charge >= 0.3 is 0 Å². The molecule has 7 nitrogen and oxygen atoms in total. The average molecular weight is 345 g/mol. The SMILES string of the molecule is COc1ccc(NC(N)=NCC(O)c2cc(OC)cc(OC)c2)cc1. The number of nitrogens with two attached hydrogens (primary N) is 1. The van der Waals surface area contributed by atoms with Gasteiger partial charge in [-0.05, 0) is 42.0 Å². The highest BCUT2D eigenvalue weighted by Gasteiger charge is 2.11. The summed E-state index contributed by atoms with van der Waals surface area (Å²) in [6.45, 7) is 0.102. The van der Waals surface area contributed by atoms with Crippen LogP contribution in [0.2, 0.25) is 0 Å². The van der Waals surface area contributed by atoms with Gasteiger partial charge in [-0.3, -0.25) is 4.99 Å². The van der Waals surface area contributed by atoms with E-state index in [1.807, 2.05) is 24.3 Å². The zero-order valence-corrected chi connectivity index (χ0v) is 14.5. The number of ether oxygens (including phenoxy) is 3. The summed E-state index contributed by atoms with van der Waals surface area (Å²) in [6, 6.07) is 12.5. The molecule has 1 atom stereocenters. The second-order valence-electron chi connectivity index (χ2n) is 5.24. The minimum Gasteiger partial charge on any atom is -0.497 e. The Morgan fingerprint density at radius 2 is 1.56 bits per heavy atom. The van der Waals surface area contributed by atoms with Gasteiger partial charge in [-0.15, -0.1) is 0 Å². The van der Waals surface area contributed by atoms with Crippen LogP contribution >= 0.6 is 0 Å². The standard InChI is InChI=1S/C18H23N3O4/c1-23-14-6-4-13(5-7-14)21-18(19)20-11-17(22)12-8-15(24-2)10-16(9-12)25-3/h4-10,17,22H,11H2,1-3H3,(H3,19,20,21). The molecule has 4 N–H and O–H groups in total. The number of aliphatic hydroxyl groups excluding tert-OH is 1. The lowest BCUT2D eigenvalue weighted by Crippen LogP contribution is -2.23. The van der Waals surface area contributed by atoms with Gasteiger partial charge in [-0.1, -0.05) is 0 Å². The van der Waals surface area contributed by atoms with Crippen molar-refractivity contribution in [2.75, 3.05) is 33.2 Å². The molecule has 1 unspecified atom stereocenters. The summed E-state index contributed by atoms with van der Waals surface area (Å²) in [4.78, 5) is 4.17. The Bertz CT molecular complexity index is 695. The predicted molar refractivity (Wildman–Crippen MR) is 97.6 cm³/mol. The van der Waals surface area contributed by atoms with Crippen molar-refractivity contribution < 1.29 is 19.3 Å². The number of anilines is 1. The van der Waals surface area contributed by atoms with Gasteiger partial charge in [0.05, 0.1) is 34.0 Å². The van der Waals surface area contributed by atoms with Crippen LogP contribution in [0.3, 0.4) is 0 Å². The van der Waals surface area contributed by atoms with Crippen LogP contribution in [0, 0.1) is 0 Å². The fourth-order valence-corrected chi connectivity index (χ4v) is 2.17. The van der Waals surface area contributed by atoms with Crippen LogP contribution in [0.25, 0.3) is 0 Å². The second-order valence-corrected chi connectivity index (χ2v) is 5.24. The van der Waals surface area contributed by atoms with Crippen molar-refractivity contribution in [3.05, 3.63) is 48.0 Å². The smallest absolute Gasteiger partial charge is 0.193 e. The largest absolute Gasteiger partial charge is 0.497 e. The zero-order chi connectivity index (χ0) is 18.2. The predicted octanol–water partition coefficient (Wildman–Crippen LogP) is 2.17. The number of rotatable bonds is 7. The van der Waals surface area contributed by atoms with E-state index < -0.39 is 6.10 Å². The van der Waals surface area contributed by atoms with Crippen molar-refractivity contribution in [2.24, 2.45) is 10.7 Å². The second kappa shape index (κ2) is 8.79. The number of benzene rings is 2. The lowest BCUT2D eigenvalue weighted by molar-refractivity contribution is 0.186. The molecular formula is C18H23N3O4. The Balaban J connectivity index is 2.01. The van der Waals surface area contributed by atoms with Crippen molar-refractivity contribution >= 4 is 11.6 Å². The van der Waals surface area contributed by atoms with E-state index in [0.29, 0.717) is 17.1 Å². The molecule has 2 aromatic rings. The molecule has 7 heteroatoms. The average Bonchev–Trinajstić information content (AvgIpc) is 2.66. The molecule has 0 heterocycles. The maximum absolute atomic E-state index is 10.3. The third-order valence-electron chi connectivity index (χ3n) is 3.56. The minimum atomic E-state index is -0.833. The molecule has 2 rings (SSSR count). The lowest BCUT2D eigenvalue weighted by Gasteiger charge is -2.13. The molecule has 0 fully saturated rings. The van der Waals surface area contributed by atoms with Crippen LogP contribution < -0.4 is 25.3 Å². The number of aliphatic imine (C=N–C) groups is 1. The number of hydrogen-bond donors (Lipinski definition) is 3. The normalized spacial score (nSPS) is 12.4. The van der Waals surface area contributed by atoms with Gasteiger partial charge in [0.2, 0.25) is 0 Å². The molecule has 0 aliphatic rings. The summed E-state index contributed by atoms with van der Waals surface area (Å²) >= 11 is 0. The first kappa shape index (κ1) is 18.4. The quantitative estimate of drug-likeness (QED) is 0.525. The number of methoxy groups -OCH3 is 3. The zero-order valence-electron chi connectivity index (χ0n) is 14.5. The molecule has 0 spiro atoms. The summed E-state index contributed by atoms with van der Waals surface area (Å²) in [5, 5.41) is 13.3.